The first-order valence-corrected chi connectivity index (χ1v) is 9.18. The van der Waals surface area contributed by atoms with Gasteiger partial charge in [0, 0.05) is 31.1 Å². The van der Waals surface area contributed by atoms with Gasteiger partial charge in [-0.25, -0.2) is 13.8 Å². The van der Waals surface area contributed by atoms with Crippen molar-refractivity contribution in [3.8, 4) is 0 Å². The molecule has 8 heteroatoms. The molecule has 3 aromatic rings. The van der Waals surface area contributed by atoms with E-state index in [9.17, 15) is 18.4 Å². The third kappa shape index (κ3) is 4.65. The minimum absolute atomic E-state index is 0.00559. The smallest absolute Gasteiger partial charge is 0.229 e. The molecular formula is C22H20F2N4O2. The maximum Gasteiger partial charge on any atom is 0.229 e. The summed E-state index contributed by atoms with van der Waals surface area (Å²) in [6.07, 6.45) is 3.84. The second kappa shape index (κ2) is 8.77. The van der Waals surface area contributed by atoms with Crippen molar-refractivity contribution in [1.82, 2.24) is 9.97 Å². The van der Waals surface area contributed by atoms with Crippen LogP contribution in [0.2, 0.25) is 0 Å². The SMILES string of the molecule is CC(=O)N(c1cc(NC(=O)Cc2c(C)cc(F)cc2C)ccn1)c1ccncc1F. The lowest BCUT2D eigenvalue weighted by molar-refractivity contribution is -0.116. The number of rotatable bonds is 5. The molecule has 1 aromatic carbocycles. The number of hydrogen-bond acceptors (Lipinski definition) is 4. The van der Waals surface area contributed by atoms with E-state index in [2.05, 4.69) is 15.3 Å². The van der Waals surface area contributed by atoms with Crippen LogP contribution in [0.4, 0.5) is 26.0 Å². The predicted octanol–water partition coefficient (Wildman–Crippen LogP) is 4.24. The van der Waals surface area contributed by atoms with Crippen molar-refractivity contribution in [2.75, 3.05) is 10.2 Å². The number of amides is 2. The summed E-state index contributed by atoms with van der Waals surface area (Å²) < 4.78 is 27.6. The van der Waals surface area contributed by atoms with Crippen LogP contribution < -0.4 is 10.2 Å². The molecule has 1 N–H and O–H groups in total. The van der Waals surface area contributed by atoms with Gasteiger partial charge in [0.05, 0.1) is 18.3 Å². The van der Waals surface area contributed by atoms with Crippen LogP contribution in [0.15, 0.2) is 48.9 Å². The monoisotopic (exact) mass is 410 g/mol. The molecule has 0 aliphatic heterocycles. The summed E-state index contributed by atoms with van der Waals surface area (Å²) in [7, 11) is 0. The first-order valence-electron chi connectivity index (χ1n) is 9.18. The molecule has 154 valence electrons. The van der Waals surface area contributed by atoms with E-state index in [1.54, 1.807) is 19.9 Å². The van der Waals surface area contributed by atoms with E-state index in [1.165, 1.54) is 43.6 Å². The Morgan fingerprint density at radius 1 is 1.07 bits per heavy atom. The third-order valence-corrected chi connectivity index (χ3v) is 4.56. The molecule has 0 atom stereocenters. The predicted molar refractivity (Wildman–Crippen MR) is 109 cm³/mol. The molecule has 0 radical (unpaired) electrons. The van der Waals surface area contributed by atoms with E-state index in [-0.39, 0.29) is 29.7 Å². The number of benzene rings is 1. The van der Waals surface area contributed by atoms with Gasteiger partial charge in [-0.3, -0.25) is 19.5 Å². The number of aryl methyl sites for hydroxylation is 2. The Balaban J connectivity index is 1.84. The van der Waals surface area contributed by atoms with Crippen LogP contribution >= 0.6 is 0 Å². The molecule has 30 heavy (non-hydrogen) atoms. The lowest BCUT2D eigenvalue weighted by Crippen LogP contribution is -2.25. The minimum atomic E-state index is -0.675. The lowest BCUT2D eigenvalue weighted by atomic mass is 9.99. The average molecular weight is 410 g/mol. The Morgan fingerprint density at radius 2 is 1.77 bits per heavy atom. The molecule has 6 nitrogen and oxygen atoms in total. The molecule has 0 bridgehead atoms. The van der Waals surface area contributed by atoms with Crippen molar-refractivity contribution in [3.05, 3.63) is 77.2 Å². The highest BCUT2D eigenvalue weighted by atomic mass is 19.1. The largest absolute Gasteiger partial charge is 0.326 e. The van der Waals surface area contributed by atoms with Crippen molar-refractivity contribution in [2.24, 2.45) is 0 Å². The summed E-state index contributed by atoms with van der Waals surface area (Å²) in [5, 5.41) is 2.74. The van der Waals surface area contributed by atoms with Crippen LogP contribution in [0.5, 0.6) is 0 Å². The molecule has 0 unspecified atom stereocenters. The zero-order chi connectivity index (χ0) is 21.8. The van der Waals surface area contributed by atoms with Gasteiger partial charge in [0.2, 0.25) is 11.8 Å². The Morgan fingerprint density at radius 3 is 2.40 bits per heavy atom. The summed E-state index contributed by atoms with van der Waals surface area (Å²) in [5.74, 6) is -1.63. The van der Waals surface area contributed by atoms with E-state index in [4.69, 9.17) is 0 Å². The van der Waals surface area contributed by atoms with Crippen LogP contribution in [0.3, 0.4) is 0 Å². The van der Waals surface area contributed by atoms with Gasteiger partial charge in [0.25, 0.3) is 0 Å². The fourth-order valence-corrected chi connectivity index (χ4v) is 3.21. The molecule has 2 heterocycles. The van der Waals surface area contributed by atoms with Gasteiger partial charge >= 0.3 is 0 Å². The molecule has 2 aromatic heterocycles. The standard InChI is InChI=1S/C22H20F2N4O2/c1-13-8-16(23)9-14(2)18(13)11-22(30)27-17-4-7-26-21(10-17)28(15(3)29)20-5-6-25-12-19(20)24/h4-10,12H,11H2,1-3H3,(H,26,27,30). The lowest BCUT2D eigenvalue weighted by Gasteiger charge is -2.21. The van der Waals surface area contributed by atoms with E-state index < -0.39 is 11.7 Å². The maximum atomic E-state index is 14.2. The number of carbonyl (C=O) groups excluding carboxylic acids is 2. The van der Waals surface area contributed by atoms with Crippen molar-refractivity contribution in [2.45, 2.75) is 27.2 Å². The number of halogens is 2. The van der Waals surface area contributed by atoms with Gasteiger partial charge < -0.3 is 5.32 Å². The number of nitrogens with one attached hydrogen (secondary N) is 1. The second-order valence-corrected chi connectivity index (χ2v) is 6.83. The van der Waals surface area contributed by atoms with Crippen LogP contribution in [0.25, 0.3) is 0 Å². The first-order chi connectivity index (χ1) is 14.3. The maximum absolute atomic E-state index is 14.2. The van der Waals surface area contributed by atoms with Crippen molar-refractivity contribution >= 4 is 29.0 Å². The number of nitrogens with zero attached hydrogens (tertiary/aromatic N) is 3. The number of aromatic nitrogens is 2. The zero-order valence-electron chi connectivity index (χ0n) is 16.7. The first kappa shape index (κ1) is 21.0. The second-order valence-electron chi connectivity index (χ2n) is 6.83. The third-order valence-electron chi connectivity index (χ3n) is 4.56. The molecule has 0 aliphatic carbocycles. The van der Waals surface area contributed by atoms with Gasteiger partial charge in [-0.2, -0.15) is 0 Å². The Kier molecular flexibility index (Phi) is 6.15. The van der Waals surface area contributed by atoms with Gasteiger partial charge in [-0.1, -0.05) is 0 Å². The van der Waals surface area contributed by atoms with E-state index >= 15 is 0 Å². The quantitative estimate of drug-likeness (QED) is 0.683. The summed E-state index contributed by atoms with van der Waals surface area (Å²) in [5.41, 5.74) is 2.52. The molecule has 0 aliphatic rings. The average Bonchev–Trinajstić information content (AvgIpc) is 2.66. The molecule has 2 amide bonds. The summed E-state index contributed by atoms with van der Waals surface area (Å²) in [6, 6.07) is 7.17. The van der Waals surface area contributed by atoms with Crippen molar-refractivity contribution in [3.63, 3.8) is 0 Å². The highest BCUT2D eigenvalue weighted by Crippen LogP contribution is 2.27. The minimum Gasteiger partial charge on any atom is -0.326 e. The molecule has 0 spiro atoms. The molecule has 0 saturated carbocycles. The van der Waals surface area contributed by atoms with Crippen LogP contribution in [0.1, 0.15) is 23.6 Å². The van der Waals surface area contributed by atoms with Crippen molar-refractivity contribution in [1.29, 1.82) is 0 Å². The Hall–Kier alpha value is -3.68. The van der Waals surface area contributed by atoms with Crippen LogP contribution in [-0.4, -0.2) is 21.8 Å². The topological polar surface area (TPSA) is 75.2 Å². The zero-order valence-corrected chi connectivity index (χ0v) is 16.7. The van der Waals surface area contributed by atoms with Gasteiger partial charge in [0.1, 0.15) is 11.6 Å². The number of anilines is 3. The fourth-order valence-electron chi connectivity index (χ4n) is 3.21. The highest BCUT2D eigenvalue weighted by Gasteiger charge is 2.20. The summed E-state index contributed by atoms with van der Waals surface area (Å²) >= 11 is 0. The van der Waals surface area contributed by atoms with E-state index in [1.807, 2.05) is 0 Å². The Labute approximate surface area is 172 Å². The molecule has 3 rings (SSSR count). The summed E-state index contributed by atoms with van der Waals surface area (Å²) in [4.78, 5) is 33.6. The molecular weight excluding hydrogens is 390 g/mol. The van der Waals surface area contributed by atoms with E-state index in [0.29, 0.717) is 16.8 Å². The summed E-state index contributed by atoms with van der Waals surface area (Å²) in [6.45, 7) is 4.78. The number of carbonyl (C=O) groups is 2. The van der Waals surface area contributed by atoms with Gasteiger partial charge in [0.15, 0.2) is 5.82 Å². The normalized spacial score (nSPS) is 10.6. The van der Waals surface area contributed by atoms with Crippen LogP contribution in [0, 0.1) is 25.5 Å². The fraction of sp³-hybridized carbons (Fsp3) is 0.182. The van der Waals surface area contributed by atoms with Gasteiger partial charge in [-0.15, -0.1) is 0 Å². The number of pyridine rings is 2. The Bertz CT molecular complexity index is 1090. The number of hydrogen-bond donors (Lipinski definition) is 1. The van der Waals surface area contributed by atoms with Crippen LogP contribution in [-0.2, 0) is 16.0 Å². The van der Waals surface area contributed by atoms with E-state index in [0.717, 1.165) is 16.7 Å². The van der Waals surface area contributed by atoms with Gasteiger partial charge in [-0.05, 0) is 54.8 Å². The highest BCUT2D eigenvalue weighted by molar-refractivity contribution is 5.99. The molecule has 0 saturated heterocycles. The molecule has 0 fully saturated rings. The van der Waals surface area contributed by atoms with Crippen molar-refractivity contribution < 1.29 is 18.4 Å².